The maximum Gasteiger partial charge on any atom is 0.277 e. The van der Waals surface area contributed by atoms with Crippen LogP contribution >= 0.6 is 39.0 Å². The van der Waals surface area contributed by atoms with Crippen molar-refractivity contribution in [3.8, 4) is 11.5 Å². The summed E-state index contributed by atoms with van der Waals surface area (Å²) in [6.45, 7) is 1.98. The van der Waals surface area contributed by atoms with E-state index in [-0.39, 0.29) is 5.78 Å². The number of hydrogen-bond acceptors (Lipinski definition) is 6. The summed E-state index contributed by atoms with van der Waals surface area (Å²) in [5, 5.41) is 8.38. The number of rotatable bonds is 5. The number of aromatic nitrogens is 2. The zero-order chi connectivity index (χ0) is 15.5. The van der Waals surface area contributed by atoms with Gasteiger partial charge in [0.25, 0.3) is 5.22 Å². The Balaban J connectivity index is 1.64. The molecule has 0 N–H and O–H groups in total. The van der Waals surface area contributed by atoms with Crippen molar-refractivity contribution in [1.82, 2.24) is 10.2 Å². The van der Waals surface area contributed by atoms with Crippen LogP contribution in [0.4, 0.5) is 0 Å². The van der Waals surface area contributed by atoms with Gasteiger partial charge in [0.15, 0.2) is 5.78 Å². The summed E-state index contributed by atoms with van der Waals surface area (Å²) in [7, 11) is 0. The number of carbonyl (C=O) groups is 1. The Labute approximate surface area is 144 Å². The largest absolute Gasteiger partial charge is 0.411 e. The number of nitrogens with zero attached hydrogens (tertiary/aromatic N) is 2. The zero-order valence-corrected chi connectivity index (χ0v) is 14.8. The van der Waals surface area contributed by atoms with Crippen LogP contribution in [0.5, 0.6) is 0 Å². The van der Waals surface area contributed by atoms with Gasteiger partial charge in [0.1, 0.15) is 0 Å². The highest BCUT2D eigenvalue weighted by molar-refractivity contribution is 9.10. The van der Waals surface area contributed by atoms with E-state index in [1.807, 2.05) is 43.3 Å². The molecule has 2 aromatic heterocycles. The van der Waals surface area contributed by atoms with Crippen LogP contribution in [0.3, 0.4) is 0 Å². The normalized spacial score (nSPS) is 10.8. The standard InChI is InChI=1S/C15H11BrN2O2S2/c1-9-2-7-13(22-9)12(19)8-21-15-18-17-14(20-15)10-3-5-11(16)6-4-10/h2-7H,8H2,1H3. The molecule has 0 bridgehead atoms. The smallest absolute Gasteiger partial charge is 0.277 e. The second kappa shape index (κ2) is 6.76. The Bertz CT molecular complexity index is 796. The van der Waals surface area contributed by atoms with Crippen molar-refractivity contribution in [2.75, 3.05) is 5.75 Å². The molecule has 7 heteroatoms. The molecule has 3 aromatic rings. The summed E-state index contributed by atoms with van der Waals surface area (Å²) in [6.07, 6.45) is 0. The average Bonchev–Trinajstić information content (AvgIpc) is 3.15. The molecule has 0 aliphatic carbocycles. The fourth-order valence-corrected chi connectivity index (χ4v) is 3.57. The van der Waals surface area contributed by atoms with Crippen LogP contribution < -0.4 is 0 Å². The highest BCUT2D eigenvalue weighted by Crippen LogP contribution is 2.25. The topological polar surface area (TPSA) is 56.0 Å². The quantitative estimate of drug-likeness (QED) is 0.457. The van der Waals surface area contributed by atoms with E-state index in [0.29, 0.717) is 16.9 Å². The first kappa shape index (κ1) is 15.5. The van der Waals surface area contributed by atoms with Crippen molar-refractivity contribution >= 4 is 44.8 Å². The maximum atomic E-state index is 12.0. The van der Waals surface area contributed by atoms with E-state index < -0.39 is 0 Å². The van der Waals surface area contributed by atoms with Crippen molar-refractivity contribution in [3.63, 3.8) is 0 Å². The van der Waals surface area contributed by atoms with Gasteiger partial charge in [0.05, 0.1) is 10.6 Å². The van der Waals surface area contributed by atoms with Crippen LogP contribution in [0, 0.1) is 6.92 Å². The Morgan fingerprint density at radius 3 is 2.68 bits per heavy atom. The molecule has 4 nitrogen and oxygen atoms in total. The number of benzene rings is 1. The van der Waals surface area contributed by atoms with Crippen molar-refractivity contribution < 1.29 is 9.21 Å². The molecule has 0 saturated heterocycles. The lowest BCUT2D eigenvalue weighted by Crippen LogP contribution is -1.99. The van der Waals surface area contributed by atoms with E-state index in [4.69, 9.17) is 4.42 Å². The third-order valence-electron chi connectivity index (χ3n) is 2.84. The van der Waals surface area contributed by atoms with Gasteiger partial charge < -0.3 is 4.42 Å². The van der Waals surface area contributed by atoms with Gasteiger partial charge in [-0.15, -0.1) is 21.5 Å². The minimum absolute atomic E-state index is 0.0755. The molecular formula is C15H11BrN2O2S2. The number of aryl methyl sites for hydroxylation is 1. The van der Waals surface area contributed by atoms with E-state index in [1.54, 1.807) is 0 Å². The number of thiophene rings is 1. The second-order valence-electron chi connectivity index (χ2n) is 4.50. The molecule has 0 aliphatic rings. The first-order chi connectivity index (χ1) is 10.6. The molecule has 0 unspecified atom stereocenters. The summed E-state index contributed by atoms with van der Waals surface area (Å²) in [5.41, 5.74) is 0.850. The van der Waals surface area contributed by atoms with Gasteiger partial charge in [0.2, 0.25) is 5.89 Å². The van der Waals surface area contributed by atoms with Gasteiger partial charge in [-0.05, 0) is 43.3 Å². The molecule has 1 aromatic carbocycles. The van der Waals surface area contributed by atoms with Gasteiger partial charge in [0, 0.05) is 14.9 Å². The molecule has 0 spiro atoms. The molecule has 0 saturated carbocycles. The third kappa shape index (κ3) is 3.66. The number of Topliss-reactive ketones (excluding diaryl/α,β-unsaturated/α-hetero) is 1. The highest BCUT2D eigenvalue weighted by atomic mass is 79.9. The van der Waals surface area contributed by atoms with Crippen LogP contribution in [-0.4, -0.2) is 21.7 Å². The lowest BCUT2D eigenvalue weighted by atomic mass is 10.2. The van der Waals surface area contributed by atoms with E-state index in [9.17, 15) is 4.79 Å². The van der Waals surface area contributed by atoms with Crippen molar-refractivity contribution in [3.05, 3.63) is 50.6 Å². The Morgan fingerprint density at radius 2 is 2.00 bits per heavy atom. The lowest BCUT2D eigenvalue weighted by Gasteiger charge is -1.95. The van der Waals surface area contributed by atoms with Crippen LogP contribution in [0.2, 0.25) is 0 Å². The van der Waals surface area contributed by atoms with Crippen LogP contribution in [0.1, 0.15) is 14.5 Å². The maximum absolute atomic E-state index is 12.0. The van der Waals surface area contributed by atoms with Crippen molar-refractivity contribution in [2.45, 2.75) is 12.1 Å². The highest BCUT2D eigenvalue weighted by Gasteiger charge is 2.13. The number of thioether (sulfide) groups is 1. The van der Waals surface area contributed by atoms with Gasteiger partial charge >= 0.3 is 0 Å². The second-order valence-corrected chi connectivity index (χ2v) is 7.63. The van der Waals surface area contributed by atoms with E-state index in [1.165, 1.54) is 23.1 Å². The summed E-state index contributed by atoms with van der Waals surface area (Å²) < 4.78 is 6.57. The first-order valence-corrected chi connectivity index (χ1v) is 9.03. The Kier molecular flexibility index (Phi) is 4.75. The minimum Gasteiger partial charge on any atom is -0.411 e. The Morgan fingerprint density at radius 1 is 1.23 bits per heavy atom. The predicted molar refractivity (Wildman–Crippen MR) is 91.5 cm³/mol. The van der Waals surface area contributed by atoms with Crippen molar-refractivity contribution in [2.24, 2.45) is 0 Å². The monoisotopic (exact) mass is 394 g/mol. The number of carbonyl (C=O) groups excluding carboxylic acids is 1. The van der Waals surface area contributed by atoms with Crippen LogP contribution in [0.25, 0.3) is 11.5 Å². The molecule has 0 fully saturated rings. The lowest BCUT2D eigenvalue weighted by molar-refractivity contribution is 0.102. The van der Waals surface area contributed by atoms with Gasteiger partial charge in [-0.2, -0.15) is 0 Å². The van der Waals surface area contributed by atoms with Crippen LogP contribution in [0.15, 0.2) is 50.5 Å². The molecule has 0 aliphatic heterocycles. The van der Waals surface area contributed by atoms with Crippen molar-refractivity contribution in [1.29, 1.82) is 0 Å². The number of ketones is 1. The summed E-state index contributed by atoms with van der Waals surface area (Å²) in [4.78, 5) is 13.9. The average molecular weight is 395 g/mol. The zero-order valence-electron chi connectivity index (χ0n) is 11.6. The summed E-state index contributed by atoms with van der Waals surface area (Å²) >= 11 is 6.14. The molecule has 112 valence electrons. The minimum atomic E-state index is 0.0755. The molecule has 0 radical (unpaired) electrons. The predicted octanol–water partition coefficient (Wildman–Crippen LogP) is 4.84. The van der Waals surface area contributed by atoms with Gasteiger partial charge in [-0.3, -0.25) is 4.79 Å². The molecule has 0 amide bonds. The van der Waals surface area contributed by atoms with E-state index in [0.717, 1.165) is 19.8 Å². The fraction of sp³-hybridized carbons (Fsp3) is 0.133. The Hall–Kier alpha value is -1.44. The number of hydrogen-bond donors (Lipinski definition) is 0. The van der Waals surface area contributed by atoms with Gasteiger partial charge in [-0.1, -0.05) is 27.7 Å². The van der Waals surface area contributed by atoms with E-state index >= 15 is 0 Å². The molecular weight excluding hydrogens is 384 g/mol. The summed E-state index contributed by atoms with van der Waals surface area (Å²) in [6, 6.07) is 11.4. The SMILES string of the molecule is Cc1ccc(C(=O)CSc2nnc(-c3ccc(Br)cc3)o2)s1. The third-order valence-corrected chi connectivity index (χ3v) is 5.23. The first-order valence-electron chi connectivity index (χ1n) is 6.44. The summed E-state index contributed by atoms with van der Waals surface area (Å²) in [5.74, 6) is 0.822. The van der Waals surface area contributed by atoms with E-state index in [2.05, 4.69) is 26.1 Å². The molecule has 22 heavy (non-hydrogen) atoms. The molecule has 0 atom stereocenters. The molecule has 3 rings (SSSR count). The van der Waals surface area contributed by atoms with Gasteiger partial charge in [-0.25, -0.2) is 0 Å². The molecule has 2 heterocycles. The number of halogens is 1. The fourth-order valence-electron chi connectivity index (χ4n) is 1.76. The van der Waals surface area contributed by atoms with Crippen LogP contribution in [-0.2, 0) is 0 Å².